The number of nitrogens with one attached hydrogen (secondary N) is 1. The summed E-state index contributed by atoms with van der Waals surface area (Å²) >= 11 is 0. The summed E-state index contributed by atoms with van der Waals surface area (Å²) in [6.07, 6.45) is 3.10. The van der Waals surface area contributed by atoms with E-state index >= 15 is 0 Å². The summed E-state index contributed by atoms with van der Waals surface area (Å²) < 4.78 is 15.8. The van der Waals surface area contributed by atoms with E-state index in [4.69, 9.17) is 19.9 Å². The SMILES string of the molecule is COc1cccc(CO)c1NC1CCN(C(C(N)=O)C2=COCO2)CC1. The Labute approximate surface area is 152 Å². The van der Waals surface area contributed by atoms with Gasteiger partial charge in [0.1, 0.15) is 12.0 Å². The Balaban J connectivity index is 1.65. The van der Waals surface area contributed by atoms with Crippen molar-refractivity contribution in [3.8, 4) is 5.75 Å². The summed E-state index contributed by atoms with van der Waals surface area (Å²) in [7, 11) is 1.61. The average molecular weight is 363 g/mol. The van der Waals surface area contributed by atoms with Gasteiger partial charge < -0.3 is 30.4 Å². The minimum Gasteiger partial charge on any atom is -0.495 e. The van der Waals surface area contributed by atoms with E-state index in [1.54, 1.807) is 7.11 Å². The molecule has 4 N–H and O–H groups in total. The van der Waals surface area contributed by atoms with Gasteiger partial charge in [-0.15, -0.1) is 0 Å². The second-order valence-corrected chi connectivity index (χ2v) is 6.36. The van der Waals surface area contributed by atoms with Crippen molar-refractivity contribution in [2.75, 3.05) is 32.3 Å². The summed E-state index contributed by atoms with van der Waals surface area (Å²) in [5.74, 6) is 0.729. The number of rotatable bonds is 7. The van der Waals surface area contributed by atoms with Crippen molar-refractivity contribution < 1.29 is 24.1 Å². The smallest absolute Gasteiger partial charge is 0.242 e. The molecule has 1 fully saturated rings. The van der Waals surface area contributed by atoms with Crippen LogP contribution >= 0.6 is 0 Å². The highest BCUT2D eigenvalue weighted by atomic mass is 16.7. The number of ether oxygens (including phenoxy) is 3. The predicted molar refractivity (Wildman–Crippen MR) is 95.2 cm³/mol. The molecule has 1 atom stereocenters. The molecular weight excluding hydrogens is 338 g/mol. The number of likely N-dealkylation sites (tertiary alicyclic amines) is 1. The second-order valence-electron chi connectivity index (χ2n) is 6.36. The van der Waals surface area contributed by atoms with E-state index in [0.29, 0.717) is 24.6 Å². The van der Waals surface area contributed by atoms with E-state index in [1.165, 1.54) is 6.26 Å². The van der Waals surface area contributed by atoms with Crippen LogP contribution in [0.25, 0.3) is 0 Å². The van der Waals surface area contributed by atoms with E-state index in [9.17, 15) is 9.90 Å². The van der Waals surface area contributed by atoms with Gasteiger partial charge >= 0.3 is 0 Å². The zero-order valence-corrected chi connectivity index (χ0v) is 14.8. The largest absolute Gasteiger partial charge is 0.495 e. The van der Waals surface area contributed by atoms with Gasteiger partial charge in [-0.05, 0) is 18.9 Å². The summed E-state index contributed by atoms with van der Waals surface area (Å²) in [6, 6.07) is 5.19. The lowest BCUT2D eigenvalue weighted by Gasteiger charge is -2.36. The van der Waals surface area contributed by atoms with Crippen molar-refractivity contribution in [2.45, 2.75) is 31.5 Å². The van der Waals surface area contributed by atoms with Crippen molar-refractivity contribution in [1.82, 2.24) is 4.90 Å². The number of piperidine rings is 1. The lowest BCUT2D eigenvalue weighted by atomic mass is 10.0. The highest BCUT2D eigenvalue weighted by Gasteiger charge is 2.34. The third-order valence-corrected chi connectivity index (χ3v) is 4.78. The monoisotopic (exact) mass is 363 g/mol. The molecule has 0 aromatic heterocycles. The number of benzene rings is 1. The van der Waals surface area contributed by atoms with Gasteiger partial charge in [0, 0.05) is 24.7 Å². The lowest BCUT2D eigenvalue weighted by Crippen LogP contribution is -2.51. The third kappa shape index (κ3) is 3.86. The number of hydrogen-bond donors (Lipinski definition) is 3. The molecule has 0 spiro atoms. The minimum absolute atomic E-state index is 0.0619. The number of methoxy groups -OCH3 is 1. The number of primary amides is 1. The molecule has 1 amide bonds. The molecule has 8 heteroatoms. The maximum atomic E-state index is 11.9. The van der Waals surface area contributed by atoms with Gasteiger partial charge in [-0.1, -0.05) is 12.1 Å². The zero-order chi connectivity index (χ0) is 18.5. The van der Waals surface area contributed by atoms with E-state index < -0.39 is 11.9 Å². The van der Waals surface area contributed by atoms with Gasteiger partial charge in [-0.2, -0.15) is 0 Å². The molecule has 2 aliphatic heterocycles. The van der Waals surface area contributed by atoms with Crippen LogP contribution in [0, 0.1) is 0 Å². The number of carbonyl (C=O) groups excluding carboxylic acids is 1. The fourth-order valence-electron chi connectivity index (χ4n) is 3.44. The zero-order valence-electron chi connectivity index (χ0n) is 14.8. The van der Waals surface area contributed by atoms with Crippen LogP contribution in [0.1, 0.15) is 18.4 Å². The molecule has 3 rings (SSSR count). The number of amides is 1. The number of anilines is 1. The maximum Gasteiger partial charge on any atom is 0.242 e. The molecule has 26 heavy (non-hydrogen) atoms. The number of carbonyl (C=O) groups is 1. The third-order valence-electron chi connectivity index (χ3n) is 4.78. The Morgan fingerprint density at radius 3 is 2.81 bits per heavy atom. The highest BCUT2D eigenvalue weighted by Crippen LogP contribution is 2.31. The average Bonchev–Trinajstić information content (AvgIpc) is 3.17. The Kier molecular flexibility index (Phi) is 5.85. The van der Waals surface area contributed by atoms with Crippen molar-refractivity contribution in [1.29, 1.82) is 0 Å². The van der Waals surface area contributed by atoms with E-state index in [0.717, 1.165) is 24.1 Å². The molecule has 1 saturated heterocycles. The second kappa shape index (κ2) is 8.29. The van der Waals surface area contributed by atoms with E-state index in [1.807, 2.05) is 23.1 Å². The van der Waals surface area contributed by atoms with Gasteiger partial charge in [0.2, 0.25) is 12.7 Å². The summed E-state index contributed by atoms with van der Waals surface area (Å²) in [6.45, 7) is 1.44. The van der Waals surface area contributed by atoms with Crippen molar-refractivity contribution >= 4 is 11.6 Å². The number of para-hydroxylation sites is 1. The number of nitrogens with zero attached hydrogens (tertiary/aromatic N) is 1. The number of aliphatic hydroxyl groups is 1. The molecule has 2 aliphatic rings. The number of aliphatic hydroxyl groups excluding tert-OH is 1. The normalized spacial score (nSPS) is 19.2. The Hall–Kier alpha value is -2.45. The van der Waals surface area contributed by atoms with Gasteiger partial charge in [0.05, 0.1) is 19.4 Å². The number of nitrogens with two attached hydrogens (primary N) is 1. The standard InChI is InChI=1S/C18H25N3O5/c1-24-14-4-2-3-12(9-22)16(14)20-13-5-7-21(8-6-13)17(18(19)23)15-10-25-11-26-15/h2-4,10,13,17,20,22H,5-9,11H2,1H3,(H2,19,23). The molecular formula is C18H25N3O5. The van der Waals surface area contributed by atoms with Gasteiger partial charge in [-0.25, -0.2) is 0 Å². The first-order chi connectivity index (χ1) is 12.6. The molecule has 0 radical (unpaired) electrons. The molecule has 1 aromatic rings. The maximum absolute atomic E-state index is 11.9. The molecule has 142 valence electrons. The lowest BCUT2D eigenvalue weighted by molar-refractivity contribution is -0.123. The molecule has 1 unspecified atom stereocenters. The molecule has 0 bridgehead atoms. The fourth-order valence-corrected chi connectivity index (χ4v) is 3.44. The topological polar surface area (TPSA) is 106 Å². The van der Waals surface area contributed by atoms with Gasteiger partial charge in [0.25, 0.3) is 0 Å². The molecule has 2 heterocycles. The van der Waals surface area contributed by atoms with E-state index in [-0.39, 0.29) is 19.4 Å². The van der Waals surface area contributed by atoms with Crippen LogP contribution in [-0.4, -0.2) is 55.0 Å². The van der Waals surface area contributed by atoms with Crippen LogP contribution in [-0.2, 0) is 20.9 Å². The Bertz CT molecular complexity index is 649. The van der Waals surface area contributed by atoms with Crippen LogP contribution in [0.15, 0.2) is 30.2 Å². The van der Waals surface area contributed by atoms with Crippen molar-refractivity contribution in [3.63, 3.8) is 0 Å². The highest BCUT2D eigenvalue weighted by molar-refractivity contribution is 5.82. The molecule has 0 saturated carbocycles. The van der Waals surface area contributed by atoms with Gasteiger partial charge in [-0.3, -0.25) is 9.69 Å². The molecule has 8 nitrogen and oxygen atoms in total. The van der Waals surface area contributed by atoms with Crippen LogP contribution < -0.4 is 15.8 Å². The first-order valence-electron chi connectivity index (χ1n) is 8.65. The van der Waals surface area contributed by atoms with E-state index in [2.05, 4.69) is 5.32 Å². The summed E-state index contributed by atoms with van der Waals surface area (Å²) in [5.41, 5.74) is 7.18. The first kappa shape index (κ1) is 18.3. The van der Waals surface area contributed by atoms with Gasteiger partial charge in [0.15, 0.2) is 11.8 Å². The van der Waals surface area contributed by atoms with Crippen LogP contribution in [0.3, 0.4) is 0 Å². The quantitative estimate of drug-likeness (QED) is 0.657. The summed E-state index contributed by atoms with van der Waals surface area (Å²) in [4.78, 5) is 13.9. The van der Waals surface area contributed by atoms with Crippen LogP contribution in [0.2, 0.25) is 0 Å². The number of hydrogen-bond acceptors (Lipinski definition) is 7. The Morgan fingerprint density at radius 1 is 1.46 bits per heavy atom. The summed E-state index contributed by atoms with van der Waals surface area (Å²) in [5, 5.41) is 13.1. The molecule has 1 aromatic carbocycles. The van der Waals surface area contributed by atoms with Crippen molar-refractivity contribution in [3.05, 3.63) is 35.8 Å². The van der Waals surface area contributed by atoms with Crippen LogP contribution in [0.5, 0.6) is 5.75 Å². The Morgan fingerprint density at radius 2 is 2.23 bits per heavy atom. The fraction of sp³-hybridized carbons (Fsp3) is 0.500. The minimum atomic E-state index is -0.599. The predicted octanol–water partition coefficient (Wildman–Crippen LogP) is 0.763. The molecule has 0 aliphatic carbocycles. The van der Waals surface area contributed by atoms with Crippen LogP contribution in [0.4, 0.5) is 5.69 Å². The first-order valence-corrected chi connectivity index (χ1v) is 8.65. The van der Waals surface area contributed by atoms with Crippen molar-refractivity contribution in [2.24, 2.45) is 5.73 Å².